The number of aromatic amines is 1. The topological polar surface area (TPSA) is 117 Å². The van der Waals surface area contributed by atoms with E-state index in [1.54, 1.807) is 0 Å². The van der Waals surface area contributed by atoms with E-state index in [1.807, 2.05) is 0 Å². The van der Waals surface area contributed by atoms with Gasteiger partial charge >= 0.3 is 0 Å². The number of H-pyrrole nitrogens is 1. The van der Waals surface area contributed by atoms with Gasteiger partial charge in [-0.2, -0.15) is 0 Å². The van der Waals surface area contributed by atoms with E-state index in [0.717, 1.165) is 0 Å². The van der Waals surface area contributed by atoms with Gasteiger partial charge in [-0.05, 0) is 18.2 Å². The zero-order valence-corrected chi connectivity index (χ0v) is 8.97. The van der Waals surface area contributed by atoms with Crippen LogP contribution in [0.3, 0.4) is 0 Å². The maximum Gasteiger partial charge on any atom is 0.202 e. The standard InChI is InChI=1S/C12H9NO5/c14-6-2-1-4-5-3-7(15)11(17)12(18)9(5)13-8(4)10(6)16/h1-3,13-18H. The molecular formula is C12H9NO5. The molecule has 0 aliphatic heterocycles. The molecule has 92 valence electrons. The predicted octanol–water partition coefficient (Wildman–Crippen LogP) is 1.85. The molecule has 6 heteroatoms. The van der Waals surface area contributed by atoms with Gasteiger partial charge in [-0.1, -0.05) is 0 Å². The van der Waals surface area contributed by atoms with Gasteiger partial charge in [0.15, 0.2) is 23.0 Å². The van der Waals surface area contributed by atoms with Crippen molar-refractivity contribution in [2.45, 2.75) is 0 Å². The van der Waals surface area contributed by atoms with Gasteiger partial charge in [0.05, 0.1) is 11.0 Å². The van der Waals surface area contributed by atoms with Crippen molar-refractivity contribution in [1.29, 1.82) is 0 Å². The summed E-state index contributed by atoms with van der Waals surface area (Å²) in [5.74, 6) is -2.28. The van der Waals surface area contributed by atoms with Gasteiger partial charge in [-0.25, -0.2) is 0 Å². The molecule has 0 amide bonds. The van der Waals surface area contributed by atoms with Crippen molar-refractivity contribution in [2.24, 2.45) is 0 Å². The largest absolute Gasteiger partial charge is 0.504 e. The predicted molar refractivity (Wildman–Crippen MR) is 64.1 cm³/mol. The van der Waals surface area contributed by atoms with Crippen LogP contribution >= 0.6 is 0 Å². The van der Waals surface area contributed by atoms with Crippen LogP contribution in [0.5, 0.6) is 28.7 Å². The van der Waals surface area contributed by atoms with E-state index in [2.05, 4.69) is 4.98 Å². The summed E-state index contributed by atoms with van der Waals surface area (Å²) in [6.45, 7) is 0. The Bertz CT molecular complexity index is 790. The van der Waals surface area contributed by atoms with Gasteiger partial charge < -0.3 is 30.5 Å². The highest BCUT2D eigenvalue weighted by Crippen LogP contribution is 2.45. The molecule has 3 aromatic rings. The average Bonchev–Trinajstić information content (AvgIpc) is 2.71. The summed E-state index contributed by atoms with van der Waals surface area (Å²) in [6, 6.07) is 4.09. The Morgan fingerprint density at radius 3 is 2.06 bits per heavy atom. The van der Waals surface area contributed by atoms with Crippen LogP contribution in [0.25, 0.3) is 21.8 Å². The summed E-state index contributed by atoms with van der Waals surface area (Å²) in [6.07, 6.45) is 0. The lowest BCUT2D eigenvalue weighted by molar-refractivity contribution is 0.371. The molecule has 0 bridgehead atoms. The highest BCUT2D eigenvalue weighted by atomic mass is 16.3. The highest BCUT2D eigenvalue weighted by Gasteiger charge is 2.17. The summed E-state index contributed by atoms with van der Waals surface area (Å²) in [5, 5.41) is 48.6. The highest BCUT2D eigenvalue weighted by molar-refractivity contribution is 6.12. The second-order valence-corrected chi connectivity index (χ2v) is 4.00. The monoisotopic (exact) mass is 247 g/mol. The van der Waals surface area contributed by atoms with Crippen LogP contribution in [0.4, 0.5) is 0 Å². The molecule has 0 aliphatic carbocycles. The fourth-order valence-corrected chi connectivity index (χ4v) is 2.04. The van der Waals surface area contributed by atoms with E-state index in [1.165, 1.54) is 18.2 Å². The van der Waals surface area contributed by atoms with Gasteiger partial charge in [0.25, 0.3) is 0 Å². The van der Waals surface area contributed by atoms with E-state index in [9.17, 15) is 25.5 Å². The molecular weight excluding hydrogens is 238 g/mol. The van der Waals surface area contributed by atoms with Crippen molar-refractivity contribution in [3.63, 3.8) is 0 Å². The maximum absolute atomic E-state index is 9.71. The van der Waals surface area contributed by atoms with Crippen LogP contribution in [0.1, 0.15) is 0 Å². The second kappa shape index (κ2) is 3.13. The third-order valence-electron chi connectivity index (χ3n) is 2.95. The Labute approximate surface area is 100.0 Å². The zero-order chi connectivity index (χ0) is 13.0. The van der Waals surface area contributed by atoms with Crippen LogP contribution in [0, 0.1) is 0 Å². The third kappa shape index (κ3) is 1.11. The van der Waals surface area contributed by atoms with Crippen LogP contribution in [0.15, 0.2) is 18.2 Å². The number of benzene rings is 2. The molecule has 3 rings (SSSR count). The fraction of sp³-hybridized carbons (Fsp3) is 0. The number of hydrogen-bond acceptors (Lipinski definition) is 5. The van der Waals surface area contributed by atoms with E-state index in [4.69, 9.17) is 0 Å². The number of fused-ring (bicyclic) bond motifs is 3. The van der Waals surface area contributed by atoms with Crippen molar-refractivity contribution in [2.75, 3.05) is 0 Å². The number of aromatic hydroxyl groups is 5. The number of nitrogens with one attached hydrogen (secondary N) is 1. The number of aromatic nitrogens is 1. The molecule has 6 nitrogen and oxygen atoms in total. The van der Waals surface area contributed by atoms with Gasteiger partial charge in [0.1, 0.15) is 0 Å². The molecule has 18 heavy (non-hydrogen) atoms. The molecule has 2 aromatic carbocycles. The maximum atomic E-state index is 9.71. The Kier molecular flexibility index (Phi) is 1.81. The molecule has 1 heterocycles. The van der Waals surface area contributed by atoms with Gasteiger partial charge in [0.2, 0.25) is 5.75 Å². The normalized spacial score (nSPS) is 11.3. The van der Waals surface area contributed by atoms with Crippen molar-refractivity contribution in [3.8, 4) is 28.7 Å². The summed E-state index contributed by atoms with van der Waals surface area (Å²) < 4.78 is 0. The van der Waals surface area contributed by atoms with E-state index in [0.29, 0.717) is 10.8 Å². The number of phenols is 5. The first kappa shape index (κ1) is 10.4. The minimum Gasteiger partial charge on any atom is -0.504 e. The van der Waals surface area contributed by atoms with Crippen molar-refractivity contribution >= 4 is 21.8 Å². The summed E-state index contributed by atoms with van der Waals surface area (Å²) in [4.78, 5) is 2.69. The number of hydrogen-bond donors (Lipinski definition) is 6. The minimum absolute atomic E-state index is 0.168. The third-order valence-corrected chi connectivity index (χ3v) is 2.95. The average molecular weight is 247 g/mol. The molecule has 0 unspecified atom stereocenters. The van der Waals surface area contributed by atoms with E-state index in [-0.39, 0.29) is 22.5 Å². The summed E-state index contributed by atoms with van der Waals surface area (Å²) >= 11 is 0. The molecule has 0 radical (unpaired) electrons. The van der Waals surface area contributed by atoms with Gasteiger partial charge in [0, 0.05) is 10.8 Å². The van der Waals surface area contributed by atoms with Crippen LogP contribution in [0.2, 0.25) is 0 Å². The Balaban J connectivity index is 2.59. The lowest BCUT2D eigenvalue weighted by atomic mass is 10.1. The Morgan fingerprint density at radius 2 is 1.33 bits per heavy atom. The van der Waals surface area contributed by atoms with Crippen molar-refractivity contribution in [1.82, 2.24) is 4.98 Å². The molecule has 1 aromatic heterocycles. The zero-order valence-electron chi connectivity index (χ0n) is 8.97. The first-order valence-electron chi connectivity index (χ1n) is 5.11. The quantitative estimate of drug-likeness (QED) is 0.339. The van der Waals surface area contributed by atoms with Crippen LogP contribution in [-0.4, -0.2) is 30.5 Å². The Hall–Kier alpha value is -2.76. The summed E-state index contributed by atoms with van der Waals surface area (Å²) in [7, 11) is 0. The minimum atomic E-state index is -0.641. The molecule has 0 aliphatic rings. The SMILES string of the molecule is Oc1cc2c([nH]c3c(O)c(O)ccc32)c(O)c1O. The fourth-order valence-electron chi connectivity index (χ4n) is 2.04. The van der Waals surface area contributed by atoms with Crippen LogP contribution < -0.4 is 0 Å². The van der Waals surface area contributed by atoms with Gasteiger partial charge in [-0.3, -0.25) is 0 Å². The molecule has 0 fully saturated rings. The van der Waals surface area contributed by atoms with Crippen molar-refractivity contribution in [3.05, 3.63) is 18.2 Å². The first-order chi connectivity index (χ1) is 8.50. The number of rotatable bonds is 0. The molecule has 0 atom stereocenters. The Morgan fingerprint density at radius 1 is 0.667 bits per heavy atom. The molecule has 0 saturated heterocycles. The summed E-state index contributed by atoms with van der Waals surface area (Å²) in [5.41, 5.74) is 0.381. The molecule has 0 spiro atoms. The number of phenolic OH excluding ortho intramolecular Hbond substituents is 5. The smallest absolute Gasteiger partial charge is 0.202 e. The lowest BCUT2D eigenvalue weighted by Gasteiger charge is -2.01. The van der Waals surface area contributed by atoms with Crippen molar-refractivity contribution < 1.29 is 25.5 Å². The van der Waals surface area contributed by atoms with E-state index < -0.39 is 17.2 Å². The molecule has 0 saturated carbocycles. The van der Waals surface area contributed by atoms with Crippen LogP contribution in [-0.2, 0) is 0 Å². The molecule has 6 N–H and O–H groups in total. The second-order valence-electron chi connectivity index (χ2n) is 4.00. The first-order valence-corrected chi connectivity index (χ1v) is 5.11. The van der Waals surface area contributed by atoms with Gasteiger partial charge in [-0.15, -0.1) is 0 Å². The van der Waals surface area contributed by atoms with E-state index >= 15 is 0 Å². The lowest BCUT2D eigenvalue weighted by Crippen LogP contribution is -1.74.